The Morgan fingerprint density at radius 3 is 2.86 bits per heavy atom. The van der Waals surface area contributed by atoms with Crippen LogP contribution >= 0.6 is 0 Å². The van der Waals surface area contributed by atoms with Crippen molar-refractivity contribution < 1.29 is 9.13 Å². The number of H-pyrrole nitrogens is 1. The van der Waals surface area contributed by atoms with Crippen LogP contribution in [0.2, 0.25) is 0 Å². The molecule has 0 radical (unpaired) electrons. The van der Waals surface area contributed by atoms with Gasteiger partial charge in [-0.3, -0.25) is 4.98 Å². The van der Waals surface area contributed by atoms with E-state index in [1.165, 1.54) is 28.9 Å². The molecule has 4 aromatic heterocycles. The van der Waals surface area contributed by atoms with Gasteiger partial charge in [0.15, 0.2) is 11.5 Å². The van der Waals surface area contributed by atoms with Crippen LogP contribution in [0.3, 0.4) is 0 Å². The van der Waals surface area contributed by atoms with Crippen molar-refractivity contribution in [3.05, 3.63) is 65.5 Å². The standard InChI is InChI=1S/C26H26FN7O/c1-14(2)21-13-29-34-25(21)32-24(15-8-16(27)12-28-11-15)33-26(34)30-17-4-7-22-20(9-17)19-6-5-18(35-3)10-23(19)31-22/h5-6,8,10-14,17,31H,4,7,9H2,1-3H3,(H,30,32,33)/t17-/m0/s1. The van der Waals surface area contributed by atoms with E-state index in [2.05, 4.69) is 40.3 Å². The molecule has 0 aliphatic heterocycles. The van der Waals surface area contributed by atoms with Crippen LogP contribution in [-0.2, 0) is 12.8 Å². The second-order valence-corrected chi connectivity index (χ2v) is 9.33. The number of rotatable bonds is 5. The van der Waals surface area contributed by atoms with Crippen molar-refractivity contribution in [1.82, 2.24) is 29.5 Å². The largest absolute Gasteiger partial charge is 0.497 e. The lowest BCUT2D eigenvalue weighted by atomic mass is 9.91. The number of hydrogen-bond donors (Lipinski definition) is 2. The predicted molar refractivity (Wildman–Crippen MR) is 132 cm³/mol. The van der Waals surface area contributed by atoms with Crippen LogP contribution in [0, 0.1) is 5.82 Å². The van der Waals surface area contributed by atoms with Gasteiger partial charge in [-0.1, -0.05) is 13.8 Å². The molecule has 35 heavy (non-hydrogen) atoms. The van der Waals surface area contributed by atoms with Crippen LogP contribution in [0.25, 0.3) is 27.9 Å². The Labute approximate surface area is 201 Å². The quantitative estimate of drug-likeness (QED) is 0.378. The van der Waals surface area contributed by atoms with Crippen molar-refractivity contribution in [3.63, 3.8) is 0 Å². The number of methoxy groups -OCH3 is 1. The molecule has 8 nitrogen and oxygen atoms in total. The van der Waals surface area contributed by atoms with Crippen LogP contribution in [0.4, 0.5) is 10.3 Å². The van der Waals surface area contributed by atoms with Gasteiger partial charge < -0.3 is 15.0 Å². The minimum absolute atomic E-state index is 0.159. The molecule has 2 N–H and O–H groups in total. The summed E-state index contributed by atoms with van der Waals surface area (Å²) in [5.41, 5.74) is 5.93. The van der Waals surface area contributed by atoms with E-state index in [9.17, 15) is 4.39 Å². The highest BCUT2D eigenvalue weighted by molar-refractivity contribution is 5.86. The van der Waals surface area contributed by atoms with Crippen LogP contribution in [0.5, 0.6) is 5.75 Å². The number of anilines is 1. The van der Waals surface area contributed by atoms with Gasteiger partial charge >= 0.3 is 0 Å². The van der Waals surface area contributed by atoms with E-state index in [0.29, 0.717) is 23.0 Å². The monoisotopic (exact) mass is 471 g/mol. The molecule has 0 spiro atoms. The number of ether oxygens (including phenoxy) is 1. The first kappa shape index (κ1) is 21.5. The Bertz CT molecular complexity index is 1550. The predicted octanol–water partition coefficient (Wildman–Crippen LogP) is 4.91. The lowest BCUT2D eigenvalue weighted by Crippen LogP contribution is -2.29. The number of benzene rings is 1. The summed E-state index contributed by atoms with van der Waals surface area (Å²) in [6, 6.07) is 7.72. The van der Waals surface area contributed by atoms with Crippen LogP contribution in [0.15, 0.2) is 42.9 Å². The molecule has 1 aliphatic rings. The summed E-state index contributed by atoms with van der Waals surface area (Å²) in [5, 5.41) is 9.41. The number of aromatic amines is 1. The topological polar surface area (TPSA) is 93.0 Å². The van der Waals surface area contributed by atoms with Gasteiger partial charge in [0, 0.05) is 46.0 Å². The van der Waals surface area contributed by atoms with E-state index < -0.39 is 5.82 Å². The summed E-state index contributed by atoms with van der Waals surface area (Å²) >= 11 is 0. The molecule has 9 heteroatoms. The SMILES string of the molecule is COc1ccc2c3c([nH]c2c1)CC[C@H](Nc1nc(-c2cncc(F)c2)nc2c(C(C)C)cnn12)C3. The van der Waals surface area contributed by atoms with Gasteiger partial charge in [-0.05, 0) is 48.9 Å². The van der Waals surface area contributed by atoms with Crippen molar-refractivity contribution in [3.8, 4) is 17.1 Å². The number of aryl methyl sites for hydroxylation is 1. The summed E-state index contributed by atoms with van der Waals surface area (Å²) in [5.74, 6) is 1.66. The van der Waals surface area contributed by atoms with Crippen molar-refractivity contribution in [2.45, 2.75) is 45.1 Å². The molecule has 1 aromatic carbocycles. The minimum atomic E-state index is -0.422. The van der Waals surface area contributed by atoms with Crippen molar-refractivity contribution in [2.75, 3.05) is 12.4 Å². The maximum absolute atomic E-state index is 13.9. The highest BCUT2D eigenvalue weighted by Crippen LogP contribution is 2.33. The fourth-order valence-corrected chi connectivity index (χ4v) is 4.90. The Hall–Kier alpha value is -4.01. The van der Waals surface area contributed by atoms with Gasteiger partial charge in [0.25, 0.3) is 0 Å². The number of nitrogens with one attached hydrogen (secondary N) is 2. The molecule has 5 aromatic rings. The van der Waals surface area contributed by atoms with Gasteiger partial charge in [-0.15, -0.1) is 0 Å². The number of halogens is 1. The van der Waals surface area contributed by atoms with Crippen LogP contribution < -0.4 is 10.1 Å². The van der Waals surface area contributed by atoms with Gasteiger partial charge in [0.05, 0.1) is 19.5 Å². The van der Waals surface area contributed by atoms with Gasteiger partial charge in [0.1, 0.15) is 11.6 Å². The normalized spacial score (nSPS) is 15.6. The van der Waals surface area contributed by atoms with Crippen molar-refractivity contribution >= 4 is 22.5 Å². The Balaban J connectivity index is 1.39. The Kier molecular flexibility index (Phi) is 5.12. The smallest absolute Gasteiger partial charge is 0.228 e. The van der Waals surface area contributed by atoms with E-state index in [-0.39, 0.29) is 12.0 Å². The van der Waals surface area contributed by atoms with Crippen LogP contribution in [-0.4, -0.2) is 42.7 Å². The second-order valence-electron chi connectivity index (χ2n) is 9.33. The molecule has 0 saturated carbocycles. The van der Waals surface area contributed by atoms with Gasteiger partial charge in [-0.2, -0.15) is 14.6 Å². The number of pyridine rings is 1. The fraction of sp³-hybridized carbons (Fsp3) is 0.308. The molecular formula is C26H26FN7O. The molecular weight excluding hydrogens is 445 g/mol. The van der Waals surface area contributed by atoms with E-state index in [4.69, 9.17) is 14.7 Å². The number of aromatic nitrogens is 6. The molecule has 1 aliphatic carbocycles. The zero-order valence-electron chi connectivity index (χ0n) is 19.8. The van der Waals surface area contributed by atoms with Crippen molar-refractivity contribution in [1.29, 1.82) is 0 Å². The zero-order valence-corrected chi connectivity index (χ0v) is 19.8. The maximum Gasteiger partial charge on any atom is 0.228 e. The summed E-state index contributed by atoms with van der Waals surface area (Å²) < 4.78 is 21.0. The lowest BCUT2D eigenvalue weighted by molar-refractivity contribution is 0.415. The lowest BCUT2D eigenvalue weighted by Gasteiger charge is -2.24. The number of fused-ring (bicyclic) bond motifs is 4. The first-order valence-electron chi connectivity index (χ1n) is 11.8. The third-order valence-electron chi connectivity index (χ3n) is 6.71. The Morgan fingerprint density at radius 2 is 2.06 bits per heavy atom. The molecule has 1 atom stereocenters. The highest BCUT2D eigenvalue weighted by Gasteiger charge is 2.25. The van der Waals surface area contributed by atoms with E-state index in [0.717, 1.165) is 36.1 Å². The van der Waals surface area contributed by atoms with Crippen LogP contribution in [0.1, 0.15) is 43.0 Å². The van der Waals surface area contributed by atoms with E-state index in [1.54, 1.807) is 17.8 Å². The zero-order chi connectivity index (χ0) is 24.1. The second kappa shape index (κ2) is 8.33. The summed E-state index contributed by atoms with van der Waals surface area (Å²) in [6.07, 6.45) is 7.31. The summed E-state index contributed by atoms with van der Waals surface area (Å²) in [4.78, 5) is 17.0. The maximum atomic E-state index is 13.9. The molecule has 6 rings (SSSR count). The first-order chi connectivity index (χ1) is 17.0. The average molecular weight is 472 g/mol. The molecule has 178 valence electrons. The van der Waals surface area contributed by atoms with E-state index >= 15 is 0 Å². The third kappa shape index (κ3) is 3.77. The third-order valence-corrected chi connectivity index (χ3v) is 6.71. The molecule has 0 fully saturated rings. The molecule has 0 bridgehead atoms. The summed E-state index contributed by atoms with van der Waals surface area (Å²) in [6.45, 7) is 4.20. The highest BCUT2D eigenvalue weighted by atomic mass is 19.1. The fourth-order valence-electron chi connectivity index (χ4n) is 4.90. The number of hydrogen-bond acceptors (Lipinski definition) is 6. The number of nitrogens with zero attached hydrogens (tertiary/aromatic N) is 5. The summed E-state index contributed by atoms with van der Waals surface area (Å²) in [7, 11) is 1.68. The molecule has 0 unspecified atom stereocenters. The average Bonchev–Trinajstić information content (AvgIpc) is 3.45. The molecule has 0 saturated heterocycles. The van der Waals surface area contributed by atoms with Crippen molar-refractivity contribution in [2.24, 2.45) is 0 Å². The first-order valence-corrected chi connectivity index (χ1v) is 11.8. The van der Waals surface area contributed by atoms with Gasteiger partial charge in [-0.25, -0.2) is 9.37 Å². The Morgan fingerprint density at radius 1 is 1.17 bits per heavy atom. The minimum Gasteiger partial charge on any atom is -0.497 e. The van der Waals surface area contributed by atoms with E-state index in [1.807, 2.05) is 18.3 Å². The molecule has 4 heterocycles. The van der Waals surface area contributed by atoms with Gasteiger partial charge in [0.2, 0.25) is 5.95 Å². The molecule has 0 amide bonds.